The quantitative estimate of drug-likeness (QED) is 0.734. The number of ether oxygens (including phenoxy) is 1. The van der Waals surface area contributed by atoms with Gasteiger partial charge in [0.05, 0.1) is 19.3 Å². The van der Waals surface area contributed by atoms with Crippen molar-refractivity contribution in [1.82, 2.24) is 4.57 Å². The molecule has 0 saturated heterocycles. The smallest absolute Gasteiger partial charge is 0.343 e. The van der Waals surface area contributed by atoms with E-state index in [4.69, 9.17) is 0 Å². The monoisotopic (exact) mass is 223 g/mol. The third-order valence-corrected chi connectivity index (χ3v) is 2.94. The number of aliphatic hydroxyl groups is 1. The first kappa shape index (κ1) is 10.9. The highest BCUT2D eigenvalue weighted by Crippen LogP contribution is 2.30. The lowest BCUT2D eigenvalue weighted by Gasteiger charge is -2.33. The largest absolute Gasteiger partial charge is 0.465 e. The van der Waals surface area contributed by atoms with Gasteiger partial charge in [-0.15, -0.1) is 0 Å². The van der Waals surface area contributed by atoms with Gasteiger partial charge in [0.25, 0.3) is 5.56 Å². The molecule has 0 aromatic carbocycles. The minimum Gasteiger partial charge on any atom is -0.465 e. The zero-order chi connectivity index (χ0) is 11.7. The molecule has 5 nitrogen and oxygen atoms in total. The Balaban J connectivity index is 2.41. The maximum absolute atomic E-state index is 11.9. The highest BCUT2D eigenvalue weighted by Gasteiger charge is 2.31. The summed E-state index contributed by atoms with van der Waals surface area (Å²) in [5, 5.41) is 9.50. The summed E-state index contributed by atoms with van der Waals surface area (Å²) in [6, 6.07) is 2.83. The number of aliphatic hydroxyl groups excluding tert-OH is 1. The standard InChI is InChI=1S/C11H13NO4/c1-16-11(15)7-3-2-6-12(10(7)14)8-4-5-9(8)13/h2-3,6,8-9,13H,4-5H2,1H3/t8-,9+/m1/s1. The molecular formula is C11H13NO4. The second-order valence-electron chi connectivity index (χ2n) is 3.84. The second kappa shape index (κ2) is 4.09. The molecule has 1 N–H and O–H groups in total. The Morgan fingerprint density at radius 2 is 2.31 bits per heavy atom. The zero-order valence-electron chi connectivity index (χ0n) is 8.92. The van der Waals surface area contributed by atoms with Crippen LogP contribution in [0.3, 0.4) is 0 Å². The first-order valence-corrected chi connectivity index (χ1v) is 5.12. The molecule has 1 aliphatic carbocycles. The van der Waals surface area contributed by atoms with Crippen LogP contribution in [0.4, 0.5) is 0 Å². The maximum atomic E-state index is 11.9. The van der Waals surface area contributed by atoms with Crippen molar-refractivity contribution in [1.29, 1.82) is 0 Å². The van der Waals surface area contributed by atoms with E-state index in [9.17, 15) is 14.7 Å². The Bertz CT molecular complexity index is 465. The molecule has 1 heterocycles. The summed E-state index contributed by atoms with van der Waals surface area (Å²) in [7, 11) is 1.23. The van der Waals surface area contributed by atoms with Gasteiger partial charge in [0, 0.05) is 6.20 Å². The van der Waals surface area contributed by atoms with Crippen LogP contribution in [0.5, 0.6) is 0 Å². The second-order valence-corrected chi connectivity index (χ2v) is 3.84. The average molecular weight is 223 g/mol. The van der Waals surface area contributed by atoms with Gasteiger partial charge in [-0.25, -0.2) is 4.79 Å². The molecule has 0 radical (unpaired) electrons. The summed E-state index contributed by atoms with van der Waals surface area (Å²) in [6.45, 7) is 0. The molecule has 0 aliphatic heterocycles. The van der Waals surface area contributed by atoms with Gasteiger partial charge in [-0.2, -0.15) is 0 Å². The van der Waals surface area contributed by atoms with E-state index in [1.165, 1.54) is 17.7 Å². The van der Waals surface area contributed by atoms with Gasteiger partial charge in [-0.1, -0.05) is 0 Å². The fraction of sp³-hybridized carbons (Fsp3) is 0.455. The van der Waals surface area contributed by atoms with Crippen molar-refractivity contribution in [2.75, 3.05) is 7.11 Å². The number of nitrogens with zero attached hydrogens (tertiary/aromatic N) is 1. The van der Waals surface area contributed by atoms with E-state index in [0.29, 0.717) is 6.42 Å². The summed E-state index contributed by atoms with van der Waals surface area (Å²) in [6.07, 6.45) is 2.54. The van der Waals surface area contributed by atoms with Crippen molar-refractivity contribution < 1.29 is 14.6 Å². The molecule has 1 aromatic rings. The lowest BCUT2D eigenvalue weighted by molar-refractivity contribution is 0.0293. The number of aromatic nitrogens is 1. The predicted octanol–water partition coefficient (Wildman–Crippen LogP) is 0.331. The van der Waals surface area contributed by atoms with E-state index >= 15 is 0 Å². The molecule has 1 aromatic heterocycles. The molecular weight excluding hydrogens is 210 g/mol. The van der Waals surface area contributed by atoms with Gasteiger partial charge < -0.3 is 14.4 Å². The van der Waals surface area contributed by atoms with E-state index in [-0.39, 0.29) is 11.6 Å². The molecule has 1 aliphatic rings. The fourth-order valence-electron chi connectivity index (χ4n) is 1.83. The van der Waals surface area contributed by atoms with Crippen LogP contribution in [-0.4, -0.2) is 28.9 Å². The van der Waals surface area contributed by atoms with Gasteiger partial charge in [0.15, 0.2) is 0 Å². The lowest BCUT2D eigenvalue weighted by Crippen LogP contribution is -2.40. The van der Waals surface area contributed by atoms with Crippen LogP contribution in [0.25, 0.3) is 0 Å². The van der Waals surface area contributed by atoms with Crippen LogP contribution in [0.1, 0.15) is 29.2 Å². The summed E-state index contributed by atoms with van der Waals surface area (Å²) < 4.78 is 5.92. The van der Waals surface area contributed by atoms with Crippen molar-refractivity contribution in [3.8, 4) is 0 Å². The molecule has 2 atom stereocenters. The Labute approximate surface area is 92.3 Å². The molecule has 0 unspecified atom stereocenters. The van der Waals surface area contributed by atoms with Crippen molar-refractivity contribution in [2.24, 2.45) is 0 Å². The maximum Gasteiger partial charge on any atom is 0.343 e. The summed E-state index contributed by atoms with van der Waals surface area (Å²) in [4.78, 5) is 23.2. The molecule has 0 amide bonds. The number of carbonyl (C=O) groups excluding carboxylic acids is 1. The number of rotatable bonds is 2. The van der Waals surface area contributed by atoms with Gasteiger partial charge in [-0.3, -0.25) is 4.79 Å². The molecule has 0 bridgehead atoms. The number of methoxy groups -OCH3 is 1. The average Bonchev–Trinajstić information content (AvgIpc) is 2.29. The topological polar surface area (TPSA) is 68.5 Å². The third-order valence-electron chi connectivity index (χ3n) is 2.94. The highest BCUT2D eigenvalue weighted by molar-refractivity contribution is 5.88. The van der Waals surface area contributed by atoms with Crippen molar-refractivity contribution in [3.63, 3.8) is 0 Å². The van der Waals surface area contributed by atoms with E-state index in [1.807, 2.05) is 0 Å². The Morgan fingerprint density at radius 3 is 2.81 bits per heavy atom. The number of carbonyl (C=O) groups is 1. The van der Waals surface area contributed by atoms with Crippen LogP contribution < -0.4 is 5.56 Å². The number of hydrogen-bond donors (Lipinski definition) is 1. The molecule has 1 saturated carbocycles. The summed E-state index contributed by atoms with van der Waals surface area (Å²) in [5.41, 5.74) is -0.401. The van der Waals surface area contributed by atoms with Crippen molar-refractivity contribution >= 4 is 5.97 Å². The summed E-state index contributed by atoms with van der Waals surface area (Å²) >= 11 is 0. The highest BCUT2D eigenvalue weighted by atomic mass is 16.5. The van der Waals surface area contributed by atoms with Crippen LogP contribution >= 0.6 is 0 Å². The minimum absolute atomic E-state index is 0.00380. The molecule has 0 spiro atoms. The number of pyridine rings is 1. The van der Waals surface area contributed by atoms with Crippen LogP contribution in [0.2, 0.25) is 0 Å². The normalized spacial score (nSPS) is 23.6. The molecule has 1 fully saturated rings. The molecule has 2 rings (SSSR count). The van der Waals surface area contributed by atoms with Gasteiger partial charge in [0.1, 0.15) is 5.56 Å². The number of esters is 1. The van der Waals surface area contributed by atoms with E-state index < -0.39 is 17.6 Å². The van der Waals surface area contributed by atoms with E-state index in [0.717, 1.165) is 6.42 Å². The SMILES string of the molecule is COC(=O)c1cccn([C@@H]2CC[C@@H]2O)c1=O. The zero-order valence-corrected chi connectivity index (χ0v) is 8.92. The van der Waals surface area contributed by atoms with Crippen LogP contribution in [0, 0.1) is 0 Å². The molecule has 5 heteroatoms. The van der Waals surface area contributed by atoms with Gasteiger partial charge in [0.2, 0.25) is 0 Å². The van der Waals surface area contributed by atoms with Crippen LogP contribution in [0.15, 0.2) is 23.1 Å². The van der Waals surface area contributed by atoms with Gasteiger partial charge in [-0.05, 0) is 25.0 Å². The Kier molecular flexibility index (Phi) is 2.78. The Morgan fingerprint density at radius 1 is 1.56 bits per heavy atom. The Hall–Kier alpha value is -1.62. The third kappa shape index (κ3) is 1.63. The summed E-state index contributed by atoms with van der Waals surface area (Å²) in [5.74, 6) is -0.645. The first-order chi connectivity index (χ1) is 7.65. The van der Waals surface area contributed by atoms with E-state index in [1.54, 1.807) is 12.3 Å². The molecule has 16 heavy (non-hydrogen) atoms. The first-order valence-electron chi connectivity index (χ1n) is 5.12. The van der Waals surface area contributed by atoms with E-state index in [2.05, 4.69) is 4.74 Å². The number of hydrogen-bond acceptors (Lipinski definition) is 4. The van der Waals surface area contributed by atoms with Crippen molar-refractivity contribution in [2.45, 2.75) is 25.0 Å². The predicted molar refractivity (Wildman–Crippen MR) is 56.3 cm³/mol. The van der Waals surface area contributed by atoms with Gasteiger partial charge >= 0.3 is 5.97 Å². The molecule has 86 valence electrons. The fourth-order valence-corrected chi connectivity index (χ4v) is 1.83. The lowest BCUT2D eigenvalue weighted by atomic mass is 9.89. The van der Waals surface area contributed by atoms with Crippen molar-refractivity contribution in [3.05, 3.63) is 34.2 Å². The minimum atomic E-state index is -0.645. The van der Waals surface area contributed by atoms with Crippen LogP contribution in [-0.2, 0) is 4.74 Å².